The van der Waals surface area contributed by atoms with Crippen LogP contribution in [-0.2, 0) is 12.5 Å². The van der Waals surface area contributed by atoms with Gasteiger partial charge in [0, 0.05) is 30.1 Å². The highest BCUT2D eigenvalue weighted by molar-refractivity contribution is 5.87. The summed E-state index contributed by atoms with van der Waals surface area (Å²) in [6, 6.07) is 5.23. The van der Waals surface area contributed by atoms with Crippen molar-refractivity contribution in [3.8, 4) is 0 Å². The van der Waals surface area contributed by atoms with Crippen LogP contribution in [0.5, 0.6) is 0 Å². The average Bonchev–Trinajstić information content (AvgIpc) is 3.38. The van der Waals surface area contributed by atoms with Crippen LogP contribution in [-0.4, -0.2) is 39.1 Å². The Morgan fingerprint density at radius 3 is 2.53 bits per heavy atom. The molecule has 5 rings (SSSR count). The van der Waals surface area contributed by atoms with Gasteiger partial charge in [0.05, 0.1) is 17.0 Å². The average molecular weight is 443 g/mol. The van der Waals surface area contributed by atoms with Crippen LogP contribution in [0.1, 0.15) is 48.9 Å². The van der Waals surface area contributed by atoms with Crippen molar-refractivity contribution < 1.29 is 13.2 Å². The van der Waals surface area contributed by atoms with Gasteiger partial charge in [0.2, 0.25) is 0 Å². The first-order chi connectivity index (χ1) is 15.3. The molecule has 2 aromatic heterocycles. The van der Waals surface area contributed by atoms with E-state index in [4.69, 9.17) is 0 Å². The third-order valence-electron chi connectivity index (χ3n) is 7.03. The van der Waals surface area contributed by atoms with Crippen LogP contribution >= 0.6 is 0 Å². The smallest absolute Gasteiger partial charge is 0.266 e. The molecule has 2 fully saturated rings. The second-order valence-corrected chi connectivity index (χ2v) is 8.86. The molecule has 32 heavy (non-hydrogen) atoms. The lowest BCUT2D eigenvalue weighted by atomic mass is 9.78. The van der Waals surface area contributed by atoms with Gasteiger partial charge in [-0.05, 0) is 38.9 Å². The summed E-state index contributed by atoms with van der Waals surface area (Å²) < 4.78 is 42.5. The van der Waals surface area contributed by atoms with Crippen LogP contribution in [0.15, 0.2) is 35.4 Å². The molecule has 9 heteroatoms. The number of halogens is 3. The number of aromatic nitrogens is 3. The number of fused-ring (bicyclic) bond motifs is 3. The fourth-order valence-electron chi connectivity index (χ4n) is 5.20. The normalized spacial score (nSPS) is 23.2. The van der Waals surface area contributed by atoms with E-state index >= 15 is 0 Å². The van der Waals surface area contributed by atoms with Gasteiger partial charge in [-0.25, -0.2) is 23.1 Å². The third-order valence-corrected chi connectivity index (χ3v) is 7.03. The standard InChI is InChI=1S/C23H24F3N5O/c1-13(14-4-3-5-15(18(14)24)19(25)26)29-20-16-10-17(23-6-8-31(11-23)9-7-23)22(32)30(2)21(16)28-12-27-20/h3-5,10,12-13,19H,6-9,11H2,1-2H3,(H,27,28,29)/t13-/m1/s1. The number of pyridine rings is 1. The Balaban J connectivity index is 1.58. The van der Waals surface area contributed by atoms with Crippen LogP contribution in [0.25, 0.3) is 11.0 Å². The Bertz CT molecular complexity index is 1250. The lowest BCUT2D eigenvalue weighted by molar-refractivity contribution is 0.146. The second kappa shape index (κ2) is 7.58. The van der Waals surface area contributed by atoms with E-state index in [1.54, 1.807) is 14.0 Å². The van der Waals surface area contributed by atoms with E-state index in [2.05, 4.69) is 20.2 Å². The molecule has 2 saturated heterocycles. The molecule has 0 saturated carbocycles. The minimum atomic E-state index is -2.89. The summed E-state index contributed by atoms with van der Waals surface area (Å²) in [5.41, 5.74) is 0.493. The van der Waals surface area contributed by atoms with Crippen LogP contribution in [0.2, 0.25) is 0 Å². The second-order valence-electron chi connectivity index (χ2n) is 8.86. The molecule has 1 atom stereocenters. The largest absolute Gasteiger partial charge is 0.363 e. The van der Waals surface area contributed by atoms with E-state index in [0.717, 1.165) is 44.1 Å². The minimum Gasteiger partial charge on any atom is -0.363 e. The molecule has 2 bridgehead atoms. The van der Waals surface area contributed by atoms with E-state index in [1.165, 1.54) is 23.0 Å². The van der Waals surface area contributed by atoms with Gasteiger partial charge in [-0.15, -0.1) is 0 Å². The maximum Gasteiger partial charge on any atom is 0.266 e. The zero-order chi connectivity index (χ0) is 22.6. The van der Waals surface area contributed by atoms with Gasteiger partial charge in [0.25, 0.3) is 12.0 Å². The van der Waals surface area contributed by atoms with E-state index < -0.39 is 23.8 Å². The Kier molecular flexibility index (Phi) is 4.96. The molecule has 1 aromatic carbocycles. The topological polar surface area (TPSA) is 63.1 Å². The molecule has 0 aliphatic carbocycles. The summed E-state index contributed by atoms with van der Waals surface area (Å²) in [5.74, 6) is -0.490. The number of aryl methyl sites for hydroxylation is 1. The van der Waals surface area contributed by atoms with Crippen molar-refractivity contribution in [3.05, 3.63) is 63.5 Å². The molecule has 6 nitrogen and oxygen atoms in total. The number of hydrogen-bond donors (Lipinski definition) is 1. The van der Waals surface area contributed by atoms with Crippen LogP contribution in [0.4, 0.5) is 19.0 Å². The Morgan fingerprint density at radius 1 is 1.16 bits per heavy atom. The summed E-state index contributed by atoms with van der Waals surface area (Å²) in [6.45, 7) is 4.52. The van der Waals surface area contributed by atoms with E-state index in [9.17, 15) is 18.0 Å². The highest BCUT2D eigenvalue weighted by Crippen LogP contribution is 2.42. The summed E-state index contributed by atoms with van der Waals surface area (Å²) in [6.07, 6.45) is 0.322. The summed E-state index contributed by atoms with van der Waals surface area (Å²) in [5, 5.41) is 3.81. The van der Waals surface area contributed by atoms with Crippen molar-refractivity contribution >= 4 is 16.9 Å². The maximum atomic E-state index is 14.7. The Labute approximate surface area is 183 Å². The Morgan fingerprint density at radius 2 is 1.88 bits per heavy atom. The number of anilines is 1. The van der Waals surface area contributed by atoms with Crippen molar-refractivity contribution in [2.45, 2.75) is 37.6 Å². The Hall–Kier alpha value is -2.94. The van der Waals surface area contributed by atoms with E-state index in [1.807, 2.05) is 6.07 Å². The van der Waals surface area contributed by atoms with Gasteiger partial charge >= 0.3 is 0 Å². The number of piperidine rings is 1. The predicted molar refractivity (Wildman–Crippen MR) is 116 cm³/mol. The SMILES string of the molecule is C[C@@H](Nc1ncnc2c1cc(C13CCN(CC1)C3)c(=O)n2C)c1cccc(C(F)F)c1F. The summed E-state index contributed by atoms with van der Waals surface area (Å²) in [4.78, 5) is 24.2. The maximum absolute atomic E-state index is 14.7. The molecule has 4 heterocycles. The van der Waals surface area contributed by atoms with Gasteiger partial charge in [-0.1, -0.05) is 18.2 Å². The number of alkyl halides is 2. The van der Waals surface area contributed by atoms with Crippen molar-refractivity contribution in [1.82, 2.24) is 19.4 Å². The fourth-order valence-corrected chi connectivity index (χ4v) is 5.20. The van der Waals surface area contributed by atoms with Gasteiger partial charge < -0.3 is 10.2 Å². The van der Waals surface area contributed by atoms with Crippen LogP contribution in [0.3, 0.4) is 0 Å². The first-order valence-corrected chi connectivity index (χ1v) is 10.7. The van der Waals surface area contributed by atoms with Crippen LogP contribution < -0.4 is 10.9 Å². The van der Waals surface area contributed by atoms with Crippen molar-refractivity contribution in [2.24, 2.45) is 7.05 Å². The lowest BCUT2D eigenvalue weighted by Crippen LogP contribution is -2.35. The molecule has 1 N–H and O–H groups in total. The molecular formula is C23H24F3N5O. The first kappa shape index (κ1) is 20.9. The van der Waals surface area contributed by atoms with E-state index in [-0.39, 0.29) is 16.5 Å². The lowest BCUT2D eigenvalue weighted by Gasteiger charge is -2.26. The van der Waals surface area contributed by atoms with E-state index in [0.29, 0.717) is 16.9 Å². The number of nitrogens with one attached hydrogen (secondary N) is 1. The fraction of sp³-hybridized carbons (Fsp3) is 0.435. The van der Waals surface area contributed by atoms with Crippen LogP contribution in [0, 0.1) is 5.82 Å². The molecule has 2 aliphatic rings. The predicted octanol–water partition coefficient (Wildman–Crippen LogP) is 3.93. The zero-order valence-electron chi connectivity index (χ0n) is 17.9. The molecule has 2 aliphatic heterocycles. The van der Waals surface area contributed by atoms with Gasteiger partial charge in [-0.3, -0.25) is 9.36 Å². The monoisotopic (exact) mass is 443 g/mol. The van der Waals surface area contributed by atoms with Gasteiger partial charge in [-0.2, -0.15) is 0 Å². The molecule has 0 spiro atoms. The highest BCUT2D eigenvalue weighted by atomic mass is 19.3. The number of hydrogen-bond acceptors (Lipinski definition) is 5. The van der Waals surface area contributed by atoms with Crippen molar-refractivity contribution in [2.75, 3.05) is 25.0 Å². The molecular weight excluding hydrogens is 419 g/mol. The highest BCUT2D eigenvalue weighted by Gasteiger charge is 2.46. The first-order valence-electron chi connectivity index (χ1n) is 10.7. The molecule has 168 valence electrons. The summed E-state index contributed by atoms with van der Waals surface area (Å²) >= 11 is 0. The van der Waals surface area contributed by atoms with Crippen molar-refractivity contribution in [3.63, 3.8) is 0 Å². The molecule has 3 aromatic rings. The quantitative estimate of drug-likeness (QED) is 0.648. The number of rotatable bonds is 5. The minimum absolute atomic E-state index is 0.0605. The van der Waals surface area contributed by atoms with Gasteiger partial charge in [0.1, 0.15) is 23.6 Å². The molecule has 0 radical (unpaired) electrons. The summed E-state index contributed by atoms with van der Waals surface area (Å²) in [7, 11) is 1.69. The number of benzene rings is 1. The molecule has 0 amide bonds. The van der Waals surface area contributed by atoms with Crippen molar-refractivity contribution in [1.29, 1.82) is 0 Å². The third kappa shape index (κ3) is 3.18. The molecule has 0 unspecified atom stereocenters. The zero-order valence-corrected chi connectivity index (χ0v) is 17.9. The number of nitrogens with zero attached hydrogens (tertiary/aromatic N) is 4. The van der Waals surface area contributed by atoms with Gasteiger partial charge in [0.15, 0.2) is 0 Å².